The van der Waals surface area contributed by atoms with Gasteiger partial charge in [0.05, 0.1) is 25.1 Å². The summed E-state index contributed by atoms with van der Waals surface area (Å²) >= 11 is 0. The minimum atomic E-state index is -3.59. The maximum atomic E-state index is 12.5. The number of sulfonamides is 1. The van der Waals surface area contributed by atoms with Crippen molar-refractivity contribution in [1.29, 1.82) is 0 Å². The highest BCUT2D eigenvalue weighted by Crippen LogP contribution is 2.24. The summed E-state index contributed by atoms with van der Waals surface area (Å²) in [6.45, 7) is 3.45. The lowest BCUT2D eigenvalue weighted by Crippen LogP contribution is -2.41. The number of aryl methyl sites for hydroxylation is 1. The molecule has 2 rings (SSSR count). The molecular weight excluding hydrogens is 352 g/mol. The van der Waals surface area contributed by atoms with Gasteiger partial charge in [-0.3, -0.25) is 9.10 Å². The van der Waals surface area contributed by atoms with Crippen LogP contribution < -0.4 is 14.4 Å². The van der Waals surface area contributed by atoms with E-state index in [0.29, 0.717) is 11.4 Å². The molecule has 140 valence electrons. The van der Waals surface area contributed by atoms with Gasteiger partial charge in [-0.15, -0.1) is 0 Å². The summed E-state index contributed by atoms with van der Waals surface area (Å²) < 4.78 is 30.7. The van der Waals surface area contributed by atoms with E-state index >= 15 is 0 Å². The molecule has 2 aromatic rings. The molecule has 2 aromatic carbocycles. The minimum absolute atomic E-state index is 0.290. The van der Waals surface area contributed by atoms with Crippen LogP contribution in [0.1, 0.15) is 24.1 Å². The van der Waals surface area contributed by atoms with Gasteiger partial charge in [0.25, 0.3) is 0 Å². The normalized spacial score (nSPS) is 12.3. The van der Waals surface area contributed by atoms with Crippen LogP contribution in [0.25, 0.3) is 0 Å². The van der Waals surface area contributed by atoms with Gasteiger partial charge in [0.2, 0.25) is 15.9 Å². The van der Waals surface area contributed by atoms with Gasteiger partial charge in [0, 0.05) is 5.56 Å². The molecule has 0 fully saturated rings. The molecule has 7 heteroatoms. The highest BCUT2D eigenvalue weighted by atomic mass is 32.2. The van der Waals surface area contributed by atoms with Crippen LogP contribution in [-0.4, -0.2) is 34.2 Å². The first-order valence-electron chi connectivity index (χ1n) is 8.19. The van der Waals surface area contributed by atoms with Crippen molar-refractivity contribution in [2.75, 3.05) is 24.2 Å². The van der Waals surface area contributed by atoms with Gasteiger partial charge in [0.15, 0.2) is 0 Å². The number of anilines is 1. The summed E-state index contributed by atoms with van der Waals surface area (Å²) in [5, 5.41) is 2.83. The Morgan fingerprint density at radius 1 is 1.15 bits per heavy atom. The monoisotopic (exact) mass is 376 g/mol. The number of benzene rings is 2. The molecule has 1 amide bonds. The average Bonchev–Trinajstić information content (AvgIpc) is 2.59. The molecule has 0 bridgehead atoms. The zero-order valence-corrected chi connectivity index (χ0v) is 16.2. The van der Waals surface area contributed by atoms with Crippen molar-refractivity contribution in [3.8, 4) is 5.75 Å². The van der Waals surface area contributed by atoms with Crippen molar-refractivity contribution in [2.45, 2.75) is 19.9 Å². The van der Waals surface area contributed by atoms with E-state index in [4.69, 9.17) is 4.74 Å². The van der Waals surface area contributed by atoms with Gasteiger partial charge in [-0.2, -0.15) is 0 Å². The van der Waals surface area contributed by atoms with Gasteiger partial charge in [0.1, 0.15) is 12.3 Å². The van der Waals surface area contributed by atoms with E-state index in [2.05, 4.69) is 5.32 Å². The molecule has 0 aliphatic heterocycles. The Morgan fingerprint density at radius 3 is 2.35 bits per heavy atom. The van der Waals surface area contributed by atoms with E-state index in [1.165, 1.54) is 0 Å². The van der Waals surface area contributed by atoms with Gasteiger partial charge >= 0.3 is 0 Å². The molecule has 0 aliphatic rings. The predicted molar refractivity (Wildman–Crippen MR) is 103 cm³/mol. The third-order valence-electron chi connectivity index (χ3n) is 3.99. The second-order valence-corrected chi connectivity index (χ2v) is 8.04. The van der Waals surface area contributed by atoms with E-state index in [-0.39, 0.29) is 12.6 Å². The third kappa shape index (κ3) is 4.98. The molecule has 1 unspecified atom stereocenters. The van der Waals surface area contributed by atoms with Crippen LogP contribution in [0.3, 0.4) is 0 Å². The first-order chi connectivity index (χ1) is 12.2. The number of rotatable bonds is 7. The topological polar surface area (TPSA) is 75.7 Å². The number of hydrogen-bond acceptors (Lipinski definition) is 4. The molecule has 0 saturated carbocycles. The van der Waals surface area contributed by atoms with Crippen molar-refractivity contribution >= 4 is 21.6 Å². The Bertz CT molecular complexity index is 863. The van der Waals surface area contributed by atoms with E-state index < -0.39 is 15.9 Å². The number of hydrogen-bond donors (Lipinski definition) is 1. The number of para-hydroxylation sites is 1. The second kappa shape index (κ2) is 8.23. The quantitative estimate of drug-likeness (QED) is 0.806. The van der Waals surface area contributed by atoms with E-state index in [1.54, 1.807) is 19.2 Å². The van der Waals surface area contributed by atoms with Gasteiger partial charge < -0.3 is 10.1 Å². The molecule has 0 aliphatic carbocycles. The molecule has 0 spiro atoms. The number of nitrogens with zero attached hydrogens (tertiary/aromatic N) is 1. The van der Waals surface area contributed by atoms with Crippen molar-refractivity contribution in [3.63, 3.8) is 0 Å². The van der Waals surface area contributed by atoms with Crippen LogP contribution in [0.4, 0.5) is 5.69 Å². The highest BCUT2D eigenvalue weighted by molar-refractivity contribution is 7.92. The highest BCUT2D eigenvalue weighted by Gasteiger charge is 2.22. The number of ether oxygens (including phenoxy) is 1. The lowest BCUT2D eigenvalue weighted by atomic mass is 10.1. The summed E-state index contributed by atoms with van der Waals surface area (Å²) in [4.78, 5) is 12.5. The Morgan fingerprint density at radius 2 is 1.77 bits per heavy atom. The fraction of sp³-hybridized carbons (Fsp3) is 0.316. The van der Waals surface area contributed by atoms with Crippen molar-refractivity contribution in [3.05, 3.63) is 59.7 Å². The van der Waals surface area contributed by atoms with Gasteiger partial charge in [-0.05, 0) is 32.0 Å². The van der Waals surface area contributed by atoms with E-state index in [1.807, 2.05) is 50.2 Å². The molecule has 0 saturated heterocycles. The molecule has 26 heavy (non-hydrogen) atoms. The summed E-state index contributed by atoms with van der Waals surface area (Å²) in [5.41, 5.74) is 2.29. The molecule has 1 atom stereocenters. The zero-order valence-electron chi connectivity index (χ0n) is 15.4. The first kappa shape index (κ1) is 19.8. The summed E-state index contributed by atoms with van der Waals surface area (Å²) in [5.74, 6) is 0.271. The van der Waals surface area contributed by atoms with Crippen molar-refractivity contribution < 1.29 is 17.9 Å². The van der Waals surface area contributed by atoms with Gasteiger partial charge in [-0.25, -0.2) is 8.42 Å². The van der Waals surface area contributed by atoms with Crippen LogP contribution >= 0.6 is 0 Å². The van der Waals surface area contributed by atoms with Crippen molar-refractivity contribution in [1.82, 2.24) is 5.32 Å². The van der Waals surface area contributed by atoms with Crippen LogP contribution in [0, 0.1) is 6.92 Å². The average molecular weight is 376 g/mol. The second-order valence-electron chi connectivity index (χ2n) is 6.14. The van der Waals surface area contributed by atoms with E-state index in [9.17, 15) is 13.2 Å². The minimum Gasteiger partial charge on any atom is -0.496 e. The van der Waals surface area contributed by atoms with Crippen molar-refractivity contribution in [2.24, 2.45) is 0 Å². The zero-order chi connectivity index (χ0) is 19.3. The first-order valence-corrected chi connectivity index (χ1v) is 10.0. The maximum absolute atomic E-state index is 12.5. The Kier molecular flexibility index (Phi) is 6.26. The standard InChI is InChI=1S/C19H24N2O4S/c1-14-9-11-16(12-10-14)21(26(4,23)24)13-19(22)20-15(2)17-7-5-6-8-18(17)25-3/h5-12,15H,13H2,1-4H3,(H,20,22). The predicted octanol–water partition coefficient (Wildman–Crippen LogP) is 2.65. The number of amides is 1. The number of carbonyl (C=O) groups is 1. The van der Waals surface area contributed by atoms with E-state index in [0.717, 1.165) is 21.7 Å². The molecule has 6 nitrogen and oxygen atoms in total. The lowest BCUT2D eigenvalue weighted by Gasteiger charge is -2.24. The SMILES string of the molecule is COc1ccccc1C(C)NC(=O)CN(c1ccc(C)cc1)S(C)(=O)=O. The molecule has 0 heterocycles. The van der Waals surface area contributed by atoms with Crippen LogP contribution in [0.2, 0.25) is 0 Å². The summed E-state index contributed by atoms with van der Waals surface area (Å²) in [6, 6.07) is 14.0. The largest absolute Gasteiger partial charge is 0.496 e. The number of nitrogens with one attached hydrogen (secondary N) is 1. The lowest BCUT2D eigenvalue weighted by molar-refractivity contribution is -0.120. The smallest absolute Gasteiger partial charge is 0.241 e. The molecule has 0 radical (unpaired) electrons. The molecule has 1 N–H and O–H groups in total. The van der Waals surface area contributed by atoms with Gasteiger partial charge in [-0.1, -0.05) is 35.9 Å². The molecular formula is C19H24N2O4S. The fourth-order valence-electron chi connectivity index (χ4n) is 2.63. The summed E-state index contributed by atoms with van der Waals surface area (Å²) in [6.07, 6.45) is 1.09. The fourth-order valence-corrected chi connectivity index (χ4v) is 3.49. The number of methoxy groups -OCH3 is 1. The number of carbonyl (C=O) groups excluding carboxylic acids is 1. The Labute approximate surface area is 154 Å². The summed E-state index contributed by atoms with van der Waals surface area (Å²) in [7, 11) is -2.03. The maximum Gasteiger partial charge on any atom is 0.241 e. The van der Waals surface area contributed by atoms with Crippen LogP contribution in [0.15, 0.2) is 48.5 Å². The van der Waals surface area contributed by atoms with Crippen LogP contribution in [-0.2, 0) is 14.8 Å². The van der Waals surface area contributed by atoms with Crippen LogP contribution in [0.5, 0.6) is 5.75 Å². The Balaban J connectivity index is 2.16. The third-order valence-corrected chi connectivity index (χ3v) is 5.13. The Hall–Kier alpha value is -2.54. The molecule has 0 aromatic heterocycles.